The van der Waals surface area contributed by atoms with Gasteiger partial charge in [-0.3, -0.25) is 0 Å². The molecule has 1 N–H and O–H groups in total. The van der Waals surface area contributed by atoms with Crippen LogP contribution in [-0.4, -0.2) is 77.3 Å². The number of ether oxygens (including phenoxy) is 5. The standard InChI is InChI=1S/C16H34O6/c1-15(2)14-16(3)22-13-12-21-11-10-20-9-8-19-7-6-18-5-4-17/h15-17H,4-14H2,1-3H3. The van der Waals surface area contributed by atoms with Gasteiger partial charge in [0.05, 0.1) is 72.2 Å². The van der Waals surface area contributed by atoms with Crippen molar-refractivity contribution in [3.63, 3.8) is 0 Å². The zero-order chi connectivity index (χ0) is 16.5. The van der Waals surface area contributed by atoms with E-state index in [0.717, 1.165) is 6.42 Å². The van der Waals surface area contributed by atoms with E-state index in [2.05, 4.69) is 20.8 Å². The van der Waals surface area contributed by atoms with Crippen LogP contribution in [0.15, 0.2) is 0 Å². The van der Waals surface area contributed by atoms with E-state index in [1.807, 2.05) is 0 Å². The van der Waals surface area contributed by atoms with E-state index in [4.69, 9.17) is 28.8 Å². The highest BCUT2D eigenvalue weighted by molar-refractivity contribution is 4.53. The molecule has 0 rings (SSSR count). The lowest BCUT2D eigenvalue weighted by Gasteiger charge is -2.15. The van der Waals surface area contributed by atoms with Crippen LogP contribution >= 0.6 is 0 Å². The largest absolute Gasteiger partial charge is 0.394 e. The van der Waals surface area contributed by atoms with Gasteiger partial charge in [0.1, 0.15) is 0 Å². The van der Waals surface area contributed by atoms with Gasteiger partial charge in [0.2, 0.25) is 0 Å². The molecular weight excluding hydrogens is 288 g/mol. The van der Waals surface area contributed by atoms with E-state index in [1.165, 1.54) is 0 Å². The predicted molar refractivity (Wildman–Crippen MR) is 85.2 cm³/mol. The normalized spacial score (nSPS) is 13.0. The van der Waals surface area contributed by atoms with Crippen LogP contribution in [0.3, 0.4) is 0 Å². The molecule has 6 heteroatoms. The summed E-state index contributed by atoms with van der Waals surface area (Å²) >= 11 is 0. The van der Waals surface area contributed by atoms with Gasteiger partial charge in [-0.1, -0.05) is 13.8 Å². The van der Waals surface area contributed by atoms with Crippen molar-refractivity contribution >= 4 is 0 Å². The quantitative estimate of drug-likeness (QED) is 0.409. The van der Waals surface area contributed by atoms with E-state index < -0.39 is 0 Å². The zero-order valence-corrected chi connectivity index (χ0v) is 14.4. The Morgan fingerprint density at radius 3 is 1.45 bits per heavy atom. The Hall–Kier alpha value is -0.240. The summed E-state index contributed by atoms with van der Waals surface area (Å²) in [5.41, 5.74) is 0. The zero-order valence-electron chi connectivity index (χ0n) is 14.4. The Kier molecular flexibility index (Phi) is 16.9. The summed E-state index contributed by atoms with van der Waals surface area (Å²) in [6, 6.07) is 0. The van der Waals surface area contributed by atoms with Gasteiger partial charge in [0.15, 0.2) is 0 Å². The number of hydrogen-bond acceptors (Lipinski definition) is 6. The van der Waals surface area contributed by atoms with Crippen molar-refractivity contribution in [3.8, 4) is 0 Å². The fraction of sp³-hybridized carbons (Fsp3) is 1.00. The van der Waals surface area contributed by atoms with Gasteiger partial charge < -0.3 is 28.8 Å². The van der Waals surface area contributed by atoms with Crippen LogP contribution in [0.4, 0.5) is 0 Å². The molecule has 0 radical (unpaired) electrons. The highest BCUT2D eigenvalue weighted by Crippen LogP contribution is 2.06. The molecule has 6 nitrogen and oxygen atoms in total. The third-order valence-corrected chi connectivity index (χ3v) is 2.79. The van der Waals surface area contributed by atoms with E-state index in [9.17, 15) is 0 Å². The van der Waals surface area contributed by atoms with Gasteiger partial charge in [-0.05, 0) is 19.3 Å². The molecule has 0 aromatic heterocycles. The smallest absolute Gasteiger partial charge is 0.0704 e. The first-order valence-electron chi connectivity index (χ1n) is 8.20. The van der Waals surface area contributed by atoms with Crippen molar-refractivity contribution in [2.45, 2.75) is 33.3 Å². The minimum absolute atomic E-state index is 0.0464. The van der Waals surface area contributed by atoms with Crippen molar-refractivity contribution in [2.75, 3.05) is 66.1 Å². The molecule has 0 fully saturated rings. The second-order valence-electron chi connectivity index (χ2n) is 5.48. The summed E-state index contributed by atoms with van der Waals surface area (Å²) in [5, 5.41) is 8.50. The Morgan fingerprint density at radius 2 is 1.05 bits per heavy atom. The molecule has 0 aliphatic carbocycles. The van der Waals surface area contributed by atoms with E-state index in [0.29, 0.717) is 71.5 Å². The van der Waals surface area contributed by atoms with Gasteiger partial charge in [0, 0.05) is 0 Å². The molecule has 0 heterocycles. The first-order valence-corrected chi connectivity index (χ1v) is 8.20. The maximum atomic E-state index is 8.50. The lowest BCUT2D eigenvalue weighted by molar-refractivity contribution is -0.0236. The molecule has 0 bridgehead atoms. The number of rotatable bonds is 17. The second-order valence-corrected chi connectivity index (χ2v) is 5.48. The Labute approximate surface area is 135 Å². The van der Waals surface area contributed by atoms with Crippen LogP contribution in [0.25, 0.3) is 0 Å². The fourth-order valence-electron chi connectivity index (χ4n) is 1.87. The van der Waals surface area contributed by atoms with Crippen LogP contribution in [0.5, 0.6) is 0 Å². The summed E-state index contributed by atoms with van der Waals surface area (Å²) in [7, 11) is 0. The highest BCUT2D eigenvalue weighted by Gasteiger charge is 2.04. The van der Waals surface area contributed by atoms with Crippen molar-refractivity contribution < 1.29 is 28.8 Å². The first kappa shape index (κ1) is 21.8. The number of hydrogen-bond donors (Lipinski definition) is 1. The monoisotopic (exact) mass is 322 g/mol. The topological polar surface area (TPSA) is 66.4 Å². The molecule has 134 valence electrons. The lowest BCUT2D eigenvalue weighted by Crippen LogP contribution is -2.16. The van der Waals surface area contributed by atoms with E-state index >= 15 is 0 Å². The van der Waals surface area contributed by atoms with E-state index in [-0.39, 0.29) is 6.61 Å². The van der Waals surface area contributed by atoms with Gasteiger partial charge in [-0.2, -0.15) is 0 Å². The molecule has 1 atom stereocenters. The average molecular weight is 322 g/mol. The molecule has 0 amide bonds. The SMILES string of the molecule is CC(C)CC(C)OCCOCCOCCOCCOCCO. The van der Waals surface area contributed by atoms with Crippen molar-refractivity contribution in [3.05, 3.63) is 0 Å². The second kappa shape index (κ2) is 17.1. The molecule has 0 aliphatic heterocycles. The number of aliphatic hydroxyl groups is 1. The minimum Gasteiger partial charge on any atom is -0.394 e. The Balaban J connectivity index is 3.05. The maximum absolute atomic E-state index is 8.50. The Morgan fingerprint density at radius 1 is 0.636 bits per heavy atom. The predicted octanol–water partition coefficient (Wildman–Crippen LogP) is 1.50. The first-order chi connectivity index (χ1) is 10.7. The molecular formula is C16H34O6. The van der Waals surface area contributed by atoms with E-state index in [1.54, 1.807) is 0 Å². The summed E-state index contributed by atoms with van der Waals surface area (Å²) in [5.74, 6) is 0.660. The third kappa shape index (κ3) is 17.8. The van der Waals surface area contributed by atoms with Gasteiger partial charge in [-0.15, -0.1) is 0 Å². The lowest BCUT2D eigenvalue weighted by atomic mass is 10.1. The summed E-state index contributed by atoms with van der Waals surface area (Å²) < 4.78 is 26.8. The molecule has 0 aromatic rings. The molecule has 0 saturated heterocycles. The third-order valence-electron chi connectivity index (χ3n) is 2.79. The molecule has 1 unspecified atom stereocenters. The van der Waals surface area contributed by atoms with Crippen LogP contribution in [-0.2, 0) is 23.7 Å². The summed E-state index contributed by atoms with van der Waals surface area (Å²) in [4.78, 5) is 0. The molecule has 0 saturated carbocycles. The van der Waals surface area contributed by atoms with Crippen LogP contribution < -0.4 is 0 Å². The van der Waals surface area contributed by atoms with Crippen LogP contribution in [0.2, 0.25) is 0 Å². The fourth-order valence-corrected chi connectivity index (χ4v) is 1.87. The van der Waals surface area contributed by atoms with Crippen molar-refractivity contribution in [1.82, 2.24) is 0 Å². The van der Waals surface area contributed by atoms with Gasteiger partial charge >= 0.3 is 0 Å². The highest BCUT2D eigenvalue weighted by atomic mass is 16.6. The average Bonchev–Trinajstić information content (AvgIpc) is 2.47. The van der Waals surface area contributed by atoms with Gasteiger partial charge in [-0.25, -0.2) is 0 Å². The van der Waals surface area contributed by atoms with Crippen molar-refractivity contribution in [2.24, 2.45) is 5.92 Å². The van der Waals surface area contributed by atoms with Crippen LogP contribution in [0.1, 0.15) is 27.2 Å². The maximum Gasteiger partial charge on any atom is 0.0704 e. The summed E-state index contributed by atoms with van der Waals surface area (Å²) in [6.07, 6.45) is 1.37. The number of aliphatic hydroxyl groups excluding tert-OH is 1. The summed E-state index contributed by atoms with van der Waals surface area (Å²) in [6.45, 7) is 11.4. The molecule has 22 heavy (non-hydrogen) atoms. The molecule has 0 aliphatic rings. The molecule has 0 aromatic carbocycles. The van der Waals surface area contributed by atoms with Crippen molar-refractivity contribution in [1.29, 1.82) is 0 Å². The van der Waals surface area contributed by atoms with Crippen LogP contribution in [0, 0.1) is 5.92 Å². The Bertz CT molecular complexity index is 213. The molecule has 0 spiro atoms. The van der Waals surface area contributed by atoms with Gasteiger partial charge in [0.25, 0.3) is 0 Å². The minimum atomic E-state index is 0.0464.